The Balaban J connectivity index is 1.41. The fourth-order valence-electron chi connectivity index (χ4n) is 2.59. The van der Waals surface area contributed by atoms with Crippen molar-refractivity contribution in [1.82, 2.24) is 9.88 Å². The monoisotopic (exact) mass is 337 g/mol. The van der Waals surface area contributed by atoms with E-state index in [1.54, 1.807) is 29.5 Å². The Bertz CT molecular complexity index is 603. The third kappa shape index (κ3) is 4.40. The number of piperazine rings is 1. The number of benzene rings is 1. The van der Waals surface area contributed by atoms with Gasteiger partial charge in [-0.25, -0.2) is 9.37 Å². The minimum atomic E-state index is -0.638. The van der Waals surface area contributed by atoms with Crippen LogP contribution in [0, 0.1) is 5.82 Å². The van der Waals surface area contributed by atoms with Gasteiger partial charge in [-0.1, -0.05) is 12.1 Å². The van der Waals surface area contributed by atoms with Gasteiger partial charge in [0.05, 0.1) is 0 Å². The van der Waals surface area contributed by atoms with Crippen molar-refractivity contribution in [3.8, 4) is 5.75 Å². The van der Waals surface area contributed by atoms with Crippen LogP contribution in [0.5, 0.6) is 5.75 Å². The molecule has 1 aromatic carbocycles. The van der Waals surface area contributed by atoms with Crippen LogP contribution in [0.3, 0.4) is 0 Å². The van der Waals surface area contributed by atoms with Crippen LogP contribution in [-0.4, -0.2) is 60.4 Å². The SMILES string of the molecule is OC(COc1ccccc1F)CN1CCN(c2nccs2)CC1. The van der Waals surface area contributed by atoms with Gasteiger partial charge in [0.1, 0.15) is 12.7 Å². The maximum Gasteiger partial charge on any atom is 0.185 e. The average Bonchev–Trinajstić information content (AvgIpc) is 3.09. The summed E-state index contributed by atoms with van der Waals surface area (Å²) in [6.07, 6.45) is 1.18. The van der Waals surface area contributed by atoms with Crippen molar-refractivity contribution >= 4 is 16.5 Å². The minimum absolute atomic E-state index is 0.0909. The van der Waals surface area contributed by atoms with Gasteiger partial charge in [0.2, 0.25) is 0 Å². The molecular formula is C16H20FN3O2S. The highest BCUT2D eigenvalue weighted by Gasteiger charge is 2.21. The summed E-state index contributed by atoms with van der Waals surface area (Å²) in [7, 11) is 0. The van der Waals surface area contributed by atoms with Crippen molar-refractivity contribution in [3.05, 3.63) is 41.7 Å². The van der Waals surface area contributed by atoms with Crippen LogP contribution in [-0.2, 0) is 0 Å². The summed E-state index contributed by atoms with van der Waals surface area (Å²) in [6, 6.07) is 6.23. The van der Waals surface area contributed by atoms with Crippen LogP contribution in [0.15, 0.2) is 35.8 Å². The zero-order chi connectivity index (χ0) is 16.1. The lowest BCUT2D eigenvalue weighted by atomic mass is 10.2. The second-order valence-electron chi connectivity index (χ2n) is 5.50. The van der Waals surface area contributed by atoms with E-state index >= 15 is 0 Å². The van der Waals surface area contributed by atoms with Gasteiger partial charge in [-0.05, 0) is 12.1 Å². The second kappa shape index (κ2) is 7.72. The third-order valence-electron chi connectivity index (χ3n) is 3.80. The summed E-state index contributed by atoms with van der Waals surface area (Å²) in [5, 5.41) is 13.1. The number of aliphatic hydroxyl groups is 1. The first-order valence-corrected chi connectivity index (χ1v) is 8.52. The van der Waals surface area contributed by atoms with Crippen molar-refractivity contribution in [2.45, 2.75) is 6.10 Å². The van der Waals surface area contributed by atoms with Crippen LogP contribution in [0.25, 0.3) is 0 Å². The Labute approximate surface area is 138 Å². The molecule has 0 bridgehead atoms. The molecule has 1 N–H and O–H groups in total. The molecule has 1 saturated heterocycles. The number of halogens is 1. The van der Waals surface area contributed by atoms with Gasteiger partial charge in [0.15, 0.2) is 16.7 Å². The number of anilines is 1. The van der Waals surface area contributed by atoms with E-state index in [1.807, 2.05) is 11.6 Å². The number of rotatable bonds is 6. The molecule has 0 spiro atoms. The van der Waals surface area contributed by atoms with Gasteiger partial charge in [0.25, 0.3) is 0 Å². The number of hydrogen-bond acceptors (Lipinski definition) is 6. The van der Waals surface area contributed by atoms with E-state index < -0.39 is 11.9 Å². The molecule has 0 radical (unpaired) electrons. The van der Waals surface area contributed by atoms with E-state index in [0.29, 0.717) is 6.54 Å². The van der Waals surface area contributed by atoms with Crippen LogP contribution in [0.2, 0.25) is 0 Å². The van der Waals surface area contributed by atoms with Crippen molar-refractivity contribution in [3.63, 3.8) is 0 Å². The lowest BCUT2D eigenvalue weighted by molar-refractivity contribution is 0.0649. The minimum Gasteiger partial charge on any atom is -0.488 e. The summed E-state index contributed by atoms with van der Waals surface area (Å²) >= 11 is 1.64. The summed E-state index contributed by atoms with van der Waals surface area (Å²) in [5.41, 5.74) is 0. The first kappa shape index (κ1) is 16.2. The molecule has 2 aromatic rings. The Morgan fingerprint density at radius 1 is 1.26 bits per heavy atom. The molecule has 23 heavy (non-hydrogen) atoms. The lowest BCUT2D eigenvalue weighted by Gasteiger charge is -2.35. The Morgan fingerprint density at radius 2 is 2.04 bits per heavy atom. The topological polar surface area (TPSA) is 48.8 Å². The largest absolute Gasteiger partial charge is 0.488 e. The van der Waals surface area contributed by atoms with Gasteiger partial charge in [0, 0.05) is 44.3 Å². The molecule has 124 valence electrons. The van der Waals surface area contributed by atoms with Gasteiger partial charge < -0.3 is 14.7 Å². The van der Waals surface area contributed by atoms with Crippen LogP contribution in [0.4, 0.5) is 9.52 Å². The summed E-state index contributed by atoms with van der Waals surface area (Å²) in [4.78, 5) is 8.77. The van der Waals surface area contributed by atoms with E-state index in [9.17, 15) is 9.50 Å². The van der Waals surface area contributed by atoms with E-state index in [2.05, 4.69) is 14.8 Å². The van der Waals surface area contributed by atoms with E-state index in [0.717, 1.165) is 31.3 Å². The van der Waals surface area contributed by atoms with Crippen molar-refractivity contribution < 1.29 is 14.2 Å². The Hall–Kier alpha value is -1.70. The molecule has 5 nitrogen and oxygen atoms in total. The molecule has 1 unspecified atom stereocenters. The number of aliphatic hydroxyl groups excluding tert-OH is 1. The molecule has 1 aromatic heterocycles. The van der Waals surface area contributed by atoms with Crippen LogP contribution < -0.4 is 9.64 Å². The fourth-order valence-corrected chi connectivity index (χ4v) is 3.29. The van der Waals surface area contributed by atoms with E-state index in [4.69, 9.17) is 4.74 Å². The van der Waals surface area contributed by atoms with Crippen molar-refractivity contribution in [2.75, 3.05) is 44.2 Å². The first-order valence-electron chi connectivity index (χ1n) is 7.64. The van der Waals surface area contributed by atoms with E-state index in [-0.39, 0.29) is 12.4 Å². The van der Waals surface area contributed by atoms with Gasteiger partial charge in [-0.3, -0.25) is 4.90 Å². The number of β-amino-alcohol motifs (C(OH)–C–C–N with tert-alkyl or cyclic N) is 1. The second-order valence-corrected chi connectivity index (χ2v) is 6.37. The molecular weight excluding hydrogens is 317 g/mol. The summed E-state index contributed by atoms with van der Waals surface area (Å²) in [5.74, 6) is -0.225. The molecule has 1 atom stereocenters. The highest BCUT2D eigenvalue weighted by Crippen LogP contribution is 2.19. The Kier molecular flexibility index (Phi) is 5.43. The number of ether oxygens (including phenoxy) is 1. The van der Waals surface area contributed by atoms with Gasteiger partial charge in [-0.15, -0.1) is 11.3 Å². The standard InChI is InChI=1S/C16H20FN3O2S/c17-14-3-1-2-4-15(14)22-12-13(21)11-19-6-8-20(9-7-19)16-18-5-10-23-16/h1-5,10,13,21H,6-9,11-12H2. The van der Waals surface area contributed by atoms with Crippen molar-refractivity contribution in [2.24, 2.45) is 0 Å². The first-order chi connectivity index (χ1) is 11.2. The molecule has 2 heterocycles. The number of thiazole rings is 1. The molecule has 1 fully saturated rings. The molecule has 1 aliphatic rings. The quantitative estimate of drug-likeness (QED) is 0.872. The third-order valence-corrected chi connectivity index (χ3v) is 4.63. The highest BCUT2D eigenvalue weighted by atomic mass is 32.1. The van der Waals surface area contributed by atoms with Crippen LogP contribution >= 0.6 is 11.3 Å². The predicted octanol–water partition coefficient (Wildman–Crippen LogP) is 1.84. The molecule has 1 aliphatic heterocycles. The maximum absolute atomic E-state index is 13.4. The summed E-state index contributed by atoms with van der Waals surface area (Å²) < 4.78 is 18.8. The number of aromatic nitrogens is 1. The predicted molar refractivity (Wildman–Crippen MR) is 88.7 cm³/mol. The molecule has 0 amide bonds. The number of hydrogen-bond donors (Lipinski definition) is 1. The highest BCUT2D eigenvalue weighted by molar-refractivity contribution is 7.13. The average molecular weight is 337 g/mol. The number of nitrogens with zero attached hydrogens (tertiary/aromatic N) is 3. The fraction of sp³-hybridized carbons (Fsp3) is 0.438. The van der Waals surface area contributed by atoms with Gasteiger partial charge in [-0.2, -0.15) is 0 Å². The van der Waals surface area contributed by atoms with Gasteiger partial charge >= 0.3 is 0 Å². The molecule has 0 saturated carbocycles. The number of para-hydroxylation sites is 1. The van der Waals surface area contributed by atoms with Crippen molar-refractivity contribution in [1.29, 1.82) is 0 Å². The zero-order valence-electron chi connectivity index (χ0n) is 12.8. The Morgan fingerprint density at radius 3 is 2.74 bits per heavy atom. The lowest BCUT2D eigenvalue weighted by Crippen LogP contribution is -2.49. The summed E-state index contributed by atoms with van der Waals surface area (Å²) in [6.45, 7) is 4.16. The maximum atomic E-state index is 13.4. The van der Waals surface area contributed by atoms with Crippen LogP contribution in [0.1, 0.15) is 0 Å². The van der Waals surface area contributed by atoms with E-state index in [1.165, 1.54) is 6.07 Å². The molecule has 7 heteroatoms. The zero-order valence-corrected chi connectivity index (χ0v) is 13.6. The normalized spacial score (nSPS) is 17.2. The smallest absolute Gasteiger partial charge is 0.185 e. The molecule has 0 aliphatic carbocycles. The molecule has 3 rings (SSSR count).